The van der Waals surface area contributed by atoms with Crippen molar-refractivity contribution in [2.45, 2.75) is 13.0 Å². The van der Waals surface area contributed by atoms with Gasteiger partial charge in [-0.2, -0.15) is 0 Å². The predicted octanol–water partition coefficient (Wildman–Crippen LogP) is 3.51. The Bertz CT molecular complexity index is 527. The van der Waals surface area contributed by atoms with Gasteiger partial charge < -0.3 is 0 Å². The average molecular weight is 315 g/mol. The molecule has 0 amide bonds. The SMILES string of the molecule is Cc1ccc(F)cc1C(NN)c1sccc1Br. The quantitative estimate of drug-likeness (QED) is 0.672. The fourth-order valence-corrected chi connectivity index (χ4v) is 3.42. The Hall–Kier alpha value is -0.750. The maximum absolute atomic E-state index is 13.3. The standard InChI is InChI=1S/C12H12BrFN2S/c1-7-2-3-8(14)6-9(7)11(16-15)12-10(13)4-5-17-12/h2-6,11,16H,15H2,1H3. The van der Waals surface area contributed by atoms with Crippen molar-refractivity contribution in [2.75, 3.05) is 0 Å². The highest BCUT2D eigenvalue weighted by Gasteiger charge is 2.19. The van der Waals surface area contributed by atoms with Crippen molar-refractivity contribution in [3.63, 3.8) is 0 Å². The van der Waals surface area contributed by atoms with Crippen molar-refractivity contribution >= 4 is 27.3 Å². The van der Waals surface area contributed by atoms with Crippen LogP contribution in [0.2, 0.25) is 0 Å². The lowest BCUT2D eigenvalue weighted by atomic mass is 10.0. The summed E-state index contributed by atoms with van der Waals surface area (Å²) in [7, 11) is 0. The molecule has 1 atom stereocenters. The van der Waals surface area contributed by atoms with E-state index in [0.29, 0.717) is 0 Å². The van der Waals surface area contributed by atoms with Crippen LogP contribution < -0.4 is 11.3 Å². The molecule has 1 aromatic heterocycles. The van der Waals surface area contributed by atoms with Crippen LogP contribution in [0.1, 0.15) is 22.0 Å². The molecular weight excluding hydrogens is 303 g/mol. The summed E-state index contributed by atoms with van der Waals surface area (Å²) in [5.74, 6) is 5.35. The summed E-state index contributed by atoms with van der Waals surface area (Å²) in [6.07, 6.45) is 0. The van der Waals surface area contributed by atoms with Crippen LogP contribution in [0, 0.1) is 12.7 Å². The molecule has 1 heterocycles. The van der Waals surface area contributed by atoms with Gasteiger partial charge in [0.05, 0.1) is 6.04 Å². The van der Waals surface area contributed by atoms with E-state index in [1.807, 2.05) is 18.4 Å². The molecule has 17 heavy (non-hydrogen) atoms. The fraction of sp³-hybridized carbons (Fsp3) is 0.167. The Balaban J connectivity index is 2.49. The second kappa shape index (κ2) is 5.27. The van der Waals surface area contributed by atoms with E-state index >= 15 is 0 Å². The van der Waals surface area contributed by atoms with Crippen LogP contribution in [0.5, 0.6) is 0 Å². The Morgan fingerprint density at radius 3 is 2.76 bits per heavy atom. The lowest BCUT2D eigenvalue weighted by Gasteiger charge is -2.18. The number of rotatable bonds is 3. The molecule has 0 aliphatic rings. The minimum absolute atomic E-state index is 0.194. The van der Waals surface area contributed by atoms with E-state index in [0.717, 1.165) is 20.5 Å². The number of nitrogens with one attached hydrogen (secondary N) is 1. The molecule has 2 nitrogen and oxygen atoms in total. The van der Waals surface area contributed by atoms with Crippen LogP contribution in [-0.2, 0) is 0 Å². The smallest absolute Gasteiger partial charge is 0.123 e. The second-order valence-corrected chi connectivity index (χ2v) is 5.54. The number of benzene rings is 1. The Kier molecular flexibility index (Phi) is 3.93. The van der Waals surface area contributed by atoms with Crippen LogP contribution in [0.4, 0.5) is 4.39 Å². The maximum Gasteiger partial charge on any atom is 0.123 e. The second-order valence-electron chi connectivity index (χ2n) is 3.73. The predicted molar refractivity (Wildman–Crippen MR) is 72.3 cm³/mol. The summed E-state index contributed by atoms with van der Waals surface area (Å²) in [4.78, 5) is 1.04. The molecule has 3 N–H and O–H groups in total. The summed E-state index contributed by atoms with van der Waals surface area (Å²) in [6.45, 7) is 1.95. The lowest BCUT2D eigenvalue weighted by Crippen LogP contribution is -2.29. The Morgan fingerprint density at radius 1 is 1.41 bits per heavy atom. The van der Waals surface area contributed by atoms with Crippen molar-refractivity contribution in [1.29, 1.82) is 0 Å². The van der Waals surface area contributed by atoms with Crippen molar-refractivity contribution in [1.82, 2.24) is 5.43 Å². The molecule has 1 aromatic carbocycles. The van der Waals surface area contributed by atoms with Gasteiger partial charge in [0, 0.05) is 9.35 Å². The molecule has 0 saturated heterocycles. The van der Waals surface area contributed by atoms with Gasteiger partial charge in [0.15, 0.2) is 0 Å². The molecule has 2 aromatic rings. The normalized spacial score (nSPS) is 12.7. The highest BCUT2D eigenvalue weighted by Crippen LogP contribution is 2.34. The number of hydrogen-bond donors (Lipinski definition) is 2. The van der Waals surface area contributed by atoms with E-state index in [-0.39, 0.29) is 11.9 Å². The summed E-state index contributed by atoms with van der Waals surface area (Å²) in [5.41, 5.74) is 4.61. The third-order valence-corrected chi connectivity index (χ3v) is 4.56. The fourth-order valence-electron chi connectivity index (χ4n) is 1.74. The number of halogens is 2. The zero-order valence-corrected chi connectivity index (χ0v) is 11.6. The largest absolute Gasteiger partial charge is 0.271 e. The van der Waals surface area contributed by atoms with Gasteiger partial charge in [0.25, 0.3) is 0 Å². The number of aryl methyl sites for hydroxylation is 1. The van der Waals surface area contributed by atoms with Crippen molar-refractivity contribution in [3.05, 3.63) is 55.9 Å². The third-order valence-electron chi connectivity index (χ3n) is 2.63. The van der Waals surface area contributed by atoms with E-state index in [1.165, 1.54) is 12.1 Å². The zero-order chi connectivity index (χ0) is 12.4. The molecular formula is C12H12BrFN2S. The third kappa shape index (κ3) is 2.57. The number of thiophene rings is 1. The first-order valence-corrected chi connectivity index (χ1v) is 6.76. The summed E-state index contributed by atoms with van der Waals surface area (Å²) in [5, 5.41) is 1.97. The van der Waals surface area contributed by atoms with E-state index in [1.54, 1.807) is 17.4 Å². The lowest BCUT2D eigenvalue weighted by molar-refractivity contribution is 0.606. The summed E-state index contributed by atoms with van der Waals surface area (Å²) >= 11 is 5.05. The van der Waals surface area contributed by atoms with Crippen molar-refractivity contribution in [2.24, 2.45) is 5.84 Å². The van der Waals surface area contributed by atoms with Crippen LogP contribution >= 0.6 is 27.3 Å². The molecule has 0 radical (unpaired) electrons. The molecule has 0 fully saturated rings. The highest BCUT2D eigenvalue weighted by molar-refractivity contribution is 9.10. The van der Waals surface area contributed by atoms with Crippen molar-refractivity contribution < 1.29 is 4.39 Å². The molecule has 0 aliphatic carbocycles. The van der Waals surface area contributed by atoms with Crippen LogP contribution in [0.25, 0.3) is 0 Å². The average Bonchev–Trinajstić information content (AvgIpc) is 2.71. The summed E-state index contributed by atoms with van der Waals surface area (Å²) < 4.78 is 14.3. The Labute approximate surface area is 112 Å². The molecule has 0 bridgehead atoms. The van der Waals surface area contributed by atoms with Gasteiger partial charge in [-0.1, -0.05) is 6.07 Å². The van der Waals surface area contributed by atoms with E-state index in [2.05, 4.69) is 21.4 Å². The molecule has 0 aliphatic heterocycles. The van der Waals surface area contributed by atoms with Gasteiger partial charge in [0.2, 0.25) is 0 Å². The molecule has 5 heteroatoms. The molecule has 0 saturated carbocycles. The van der Waals surface area contributed by atoms with E-state index in [9.17, 15) is 4.39 Å². The number of hydrazine groups is 1. The van der Waals surface area contributed by atoms with Crippen LogP contribution in [0.15, 0.2) is 34.1 Å². The minimum Gasteiger partial charge on any atom is -0.271 e. The number of nitrogens with two attached hydrogens (primary N) is 1. The molecule has 2 rings (SSSR count). The zero-order valence-electron chi connectivity index (χ0n) is 9.21. The highest BCUT2D eigenvalue weighted by atomic mass is 79.9. The van der Waals surface area contributed by atoms with E-state index < -0.39 is 0 Å². The summed E-state index contributed by atoms with van der Waals surface area (Å²) in [6, 6.07) is 6.50. The first-order valence-electron chi connectivity index (χ1n) is 5.08. The topological polar surface area (TPSA) is 38.0 Å². The maximum atomic E-state index is 13.3. The monoisotopic (exact) mass is 314 g/mol. The first-order chi connectivity index (χ1) is 8.13. The van der Waals surface area contributed by atoms with Crippen molar-refractivity contribution in [3.8, 4) is 0 Å². The van der Waals surface area contributed by atoms with Crippen LogP contribution in [0.3, 0.4) is 0 Å². The van der Waals surface area contributed by atoms with Gasteiger partial charge in [-0.3, -0.25) is 5.84 Å². The molecule has 90 valence electrons. The molecule has 0 spiro atoms. The van der Waals surface area contributed by atoms with Crippen LogP contribution in [-0.4, -0.2) is 0 Å². The van der Waals surface area contributed by atoms with E-state index in [4.69, 9.17) is 5.84 Å². The van der Waals surface area contributed by atoms with Gasteiger partial charge >= 0.3 is 0 Å². The van der Waals surface area contributed by atoms with Gasteiger partial charge in [-0.15, -0.1) is 11.3 Å². The Morgan fingerprint density at radius 2 is 2.18 bits per heavy atom. The van der Waals surface area contributed by atoms with Gasteiger partial charge in [0.1, 0.15) is 5.82 Å². The van der Waals surface area contributed by atoms with Gasteiger partial charge in [-0.25, -0.2) is 9.82 Å². The first kappa shape index (κ1) is 12.7. The van der Waals surface area contributed by atoms with Gasteiger partial charge in [-0.05, 0) is 57.6 Å². The number of hydrogen-bond acceptors (Lipinski definition) is 3. The molecule has 1 unspecified atom stereocenters. The minimum atomic E-state index is -0.251.